The Morgan fingerprint density at radius 2 is 1.96 bits per heavy atom. The van der Waals surface area contributed by atoms with Crippen LogP contribution in [0, 0.1) is 0 Å². The zero-order chi connectivity index (χ0) is 18.9. The third-order valence-electron chi connectivity index (χ3n) is 4.43. The molecule has 1 saturated heterocycles. The van der Waals surface area contributed by atoms with Gasteiger partial charge in [-0.05, 0) is 33.8 Å². The minimum Gasteiger partial charge on any atom is -0.488 e. The molecule has 2 aliphatic heterocycles. The molecule has 26 heavy (non-hydrogen) atoms. The van der Waals surface area contributed by atoms with Crippen LogP contribution in [-0.2, 0) is 21.4 Å². The van der Waals surface area contributed by atoms with E-state index in [2.05, 4.69) is 4.72 Å². The second-order valence-electron chi connectivity index (χ2n) is 7.61. The predicted molar refractivity (Wildman–Crippen MR) is 98.9 cm³/mol. The average Bonchev–Trinajstić information content (AvgIpc) is 2.85. The molecule has 0 aliphatic carbocycles. The van der Waals surface area contributed by atoms with Crippen molar-refractivity contribution in [3.05, 3.63) is 23.8 Å². The van der Waals surface area contributed by atoms with Crippen LogP contribution in [-0.4, -0.2) is 56.8 Å². The van der Waals surface area contributed by atoms with E-state index in [0.717, 1.165) is 17.7 Å². The zero-order valence-corrected chi connectivity index (χ0v) is 16.6. The van der Waals surface area contributed by atoms with Crippen LogP contribution in [0.25, 0.3) is 0 Å². The normalized spacial score (nSPS) is 25.5. The first-order valence-electron chi connectivity index (χ1n) is 9.00. The highest BCUT2D eigenvalue weighted by Gasteiger charge is 2.33. The summed E-state index contributed by atoms with van der Waals surface area (Å²) in [4.78, 5) is 0. The maximum Gasteiger partial charge on any atom is 0.279 e. The molecule has 8 heteroatoms. The van der Waals surface area contributed by atoms with Crippen molar-refractivity contribution in [2.75, 3.05) is 26.2 Å². The smallest absolute Gasteiger partial charge is 0.279 e. The Hall–Kier alpha value is -1.35. The van der Waals surface area contributed by atoms with Crippen LogP contribution in [0.5, 0.6) is 11.5 Å². The van der Waals surface area contributed by atoms with Crippen LogP contribution >= 0.6 is 0 Å². The fourth-order valence-corrected chi connectivity index (χ4v) is 4.79. The van der Waals surface area contributed by atoms with Gasteiger partial charge in [0.05, 0.1) is 12.2 Å². The summed E-state index contributed by atoms with van der Waals surface area (Å²) in [7, 11) is -3.54. The van der Waals surface area contributed by atoms with Crippen molar-refractivity contribution in [3.63, 3.8) is 0 Å². The number of morpholine rings is 1. The number of ether oxygens (including phenoxy) is 3. The number of benzene rings is 1. The molecule has 1 N–H and O–H groups in total. The van der Waals surface area contributed by atoms with Crippen molar-refractivity contribution in [2.24, 2.45) is 0 Å². The van der Waals surface area contributed by atoms with Crippen molar-refractivity contribution in [1.29, 1.82) is 0 Å². The van der Waals surface area contributed by atoms with Crippen molar-refractivity contribution >= 4 is 10.2 Å². The summed E-state index contributed by atoms with van der Waals surface area (Å²) < 4.78 is 46.2. The Morgan fingerprint density at radius 1 is 1.27 bits per heavy atom. The molecule has 2 aliphatic rings. The number of hydrogen-bond acceptors (Lipinski definition) is 5. The molecule has 0 saturated carbocycles. The summed E-state index contributed by atoms with van der Waals surface area (Å²) in [6, 6.07) is 5.81. The highest BCUT2D eigenvalue weighted by molar-refractivity contribution is 7.87. The average molecular weight is 384 g/mol. The molecule has 2 unspecified atom stereocenters. The van der Waals surface area contributed by atoms with Gasteiger partial charge in [-0.3, -0.25) is 0 Å². The van der Waals surface area contributed by atoms with E-state index in [0.29, 0.717) is 18.8 Å². The fourth-order valence-electron chi connectivity index (χ4n) is 3.45. The van der Waals surface area contributed by atoms with Crippen LogP contribution in [0.3, 0.4) is 0 Å². The van der Waals surface area contributed by atoms with E-state index in [4.69, 9.17) is 14.2 Å². The third kappa shape index (κ3) is 4.49. The summed E-state index contributed by atoms with van der Waals surface area (Å²) in [6.45, 7) is 8.96. The monoisotopic (exact) mass is 384 g/mol. The molecular weight excluding hydrogens is 356 g/mol. The largest absolute Gasteiger partial charge is 0.488 e. The molecule has 0 aromatic heterocycles. The molecule has 7 nitrogen and oxygen atoms in total. The van der Waals surface area contributed by atoms with Gasteiger partial charge < -0.3 is 14.2 Å². The first kappa shape index (κ1) is 19.4. The molecule has 3 rings (SSSR count). The second-order valence-corrected chi connectivity index (χ2v) is 9.36. The van der Waals surface area contributed by atoms with E-state index >= 15 is 0 Å². The van der Waals surface area contributed by atoms with Gasteiger partial charge in [0, 0.05) is 31.6 Å². The molecule has 1 aromatic rings. The number of hydrogen-bond donors (Lipinski definition) is 1. The maximum atomic E-state index is 12.4. The van der Waals surface area contributed by atoms with Gasteiger partial charge in [-0.2, -0.15) is 17.4 Å². The quantitative estimate of drug-likeness (QED) is 0.756. The standard InChI is InChI=1S/C18H28N2O5S/c1-13-11-20(12-14(2)24-13)26(21,22)19-8-9-23-16-7-5-6-15-10-18(3,4)25-17(15)16/h5-7,13-14,19H,8-12H2,1-4H3. The van der Waals surface area contributed by atoms with Crippen LogP contribution in [0.4, 0.5) is 0 Å². The fraction of sp³-hybridized carbons (Fsp3) is 0.667. The molecule has 1 aromatic carbocycles. The molecular formula is C18H28N2O5S. The van der Waals surface area contributed by atoms with E-state index < -0.39 is 10.2 Å². The van der Waals surface area contributed by atoms with Crippen LogP contribution in [0.2, 0.25) is 0 Å². The Morgan fingerprint density at radius 3 is 2.65 bits per heavy atom. The second kappa shape index (κ2) is 7.34. The Kier molecular flexibility index (Phi) is 5.48. The molecule has 0 spiro atoms. The third-order valence-corrected chi connectivity index (χ3v) is 5.97. The number of rotatable bonds is 6. The van der Waals surface area contributed by atoms with E-state index in [1.165, 1.54) is 4.31 Å². The van der Waals surface area contributed by atoms with Gasteiger partial charge in [0.2, 0.25) is 0 Å². The van der Waals surface area contributed by atoms with Crippen molar-refractivity contribution in [2.45, 2.75) is 51.9 Å². The van der Waals surface area contributed by atoms with Crippen molar-refractivity contribution in [3.8, 4) is 11.5 Å². The molecule has 146 valence electrons. The summed E-state index contributed by atoms with van der Waals surface area (Å²) in [6.07, 6.45) is 0.609. The van der Waals surface area contributed by atoms with Gasteiger partial charge in [-0.1, -0.05) is 12.1 Å². The highest BCUT2D eigenvalue weighted by Crippen LogP contribution is 2.41. The topological polar surface area (TPSA) is 77.1 Å². The Balaban J connectivity index is 1.53. The SMILES string of the molecule is CC1CN(S(=O)(=O)NCCOc2cccc3c2OC(C)(C)C3)CC(C)O1. The van der Waals surface area contributed by atoms with E-state index in [9.17, 15) is 8.42 Å². The molecule has 0 bridgehead atoms. The van der Waals surface area contributed by atoms with Crippen LogP contribution < -0.4 is 14.2 Å². The van der Waals surface area contributed by atoms with Gasteiger partial charge >= 0.3 is 0 Å². The highest BCUT2D eigenvalue weighted by atomic mass is 32.2. The van der Waals surface area contributed by atoms with Gasteiger partial charge in [0.15, 0.2) is 11.5 Å². The molecule has 0 amide bonds. The minimum absolute atomic E-state index is 0.112. The molecule has 0 radical (unpaired) electrons. The van der Waals surface area contributed by atoms with Crippen LogP contribution in [0.1, 0.15) is 33.3 Å². The lowest BCUT2D eigenvalue weighted by molar-refractivity contribution is -0.0444. The molecule has 1 fully saturated rings. The van der Waals surface area contributed by atoms with Crippen molar-refractivity contribution < 1.29 is 22.6 Å². The minimum atomic E-state index is -3.54. The first-order valence-corrected chi connectivity index (χ1v) is 10.4. The lowest BCUT2D eigenvalue weighted by atomic mass is 10.0. The van der Waals surface area contributed by atoms with Gasteiger partial charge in [-0.25, -0.2) is 0 Å². The summed E-state index contributed by atoms with van der Waals surface area (Å²) in [5.74, 6) is 1.41. The maximum absolute atomic E-state index is 12.4. The zero-order valence-electron chi connectivity index (χ0n) is 15.8. The van der Waals surface area contributed by atoms with E-state index in [1.807, 2.05) is 45.9 Å². The number of nitrogens with zero attached hydrogens (tertiary/aromatic N) is 1. The molecule has 2 heterocycles. The van der Waals surface area contributed by atoms with Crippen LogP contribution in [0.15, 0.2) is 18.2 Å². The van der Waals surface area contributed by atoms with Gasteiger partial charge in [0.25, 0.3) is 10.2 Å². The number of para-hydroxylation sites is 1. The summed E-state index contributed by atoms with van der Waals surface area (Å²) in [5.41, 5.74) is 0.872. The van der Waals surface area contributed by atoms with E-state index in [-0.39, 0.29) is 31.0 Å². The lowest BCUT2D eigenvalue weighted by Crippen LogP contribution is -2.52. The summed E-state index contributed by atoms with van der Waals surface area (Å²) in [5, 5.41) is 0. The lowest BCUT2D eigenvalue weighted by Gasteiger charge is -2.34. The number of nitrogens with one attached hydrogen (secondary N) is 1. The predicted octanol–water partition coefficient (Wildman–Crippen LogP) is 1.72. The van der Waals surface area contributed by atoms with Gasteiger partial charge in [0.1, 0.15) is 12.2 Å². The summed E-state index contributed by atoms with van der Waals surface area (Å²) >= 11 is 0. The Bertz CT molecular complexity index is 740. The molecule has 2 atom stereocenters. The van der Waals surface area contributed by atoms with Crippen molar-refractivity contribution in [1.82, 2.24) is 9.03 Å². The van der Waals surface area contributed by atoms with Gasteiger partial charge in [-0.15, -0.1) is 0 Å². The Labute approximate surface area is 155 Å². The number of fused-ring (bicyclic) bond motifs is 1. The first-order chi connectivity index (χ1) is 12.2. The van der Waals surface area contributed by atoms with E-state index in [1.54, 1.807) is 0 Å².